The van der Waals surface area contributed by atoms with Crippen molar-refractivity contribution in [3.05, 3.63) is 0 Å². The Morgan fingerprint density at radius 2 is 1.59 bits per heavy atom. The average Bonchev–Trinajstić information content (AvgIpc) is 3.16. The summed E-state index contributed by atoms with van der Waals surface area (Å²) in [6, 6.07) is 0. The first-order chi connectivity index (χ1) is 13.6. The van der Waals surface area contributed by atoms with Gasteiger partial charge < -0.3 is 4.74 Å². The van der Waals surface area contributed by atoms with Gasteiger partial charge in [0.15, 0.2) is 0 Å². The minimum absolute atomic E-state index is 0.272. The molecule has 0 unspecified atom stereocenters. The molecule has 6 aliphatic rings. The number of hydrogen-bond acceptors (Lipinski definition) is 2. The molecule has 2 bridgehead atoms. The first-order valence-corrected chi connectivity index (χ1v) is 12.7. The van der Waals surface area contributed by atoms with Crippen LogP contribution in [0.5, 0.6) is 0 Å². The highest BCUT2D eigenvalue weighted by Gasteiger charge is 2.72. The van der Waals surface area contributed by atoms with Crippen LogP contribution in [0.15, 0.2) is 0 Å². The molecule has 6 rings (SSSR count). The lowest BCUT2D eigenvalue weighted by atomic mass is 9.33. The first kappa shape index (κ1) is 19.3. The Morgan fingerprint density at radius 1 is 0.828 bits per heavy atom. The van der Waals surface area contributed by atoms with Crippen molar-refractivity contribution in [2.75, 3.05) is 6.61 Å². The van der Waals surface area contributed by atoms with Gasteiger partial charge in [-0.05, 0) is 103 Å². The molecule has 5 saturated carbocycles. The quantitative estimate of drug-likeness (QED) is 0.470. The van der Waals surface area contributed by atoms with Crippen LogP contribution in [-0.2, 0) is 9.53 Å². The standard InChI is InChI=1S/C27H42O2/c1-23(2)12-14-27-15-13-25(4)18(21(27)22(23)29-16-27)6-7-20-24(3)10-9-19(28)17(24)8-11-26(20,25)5/h17-18,20-22H,6-16H2,1-5H3/t17-,18+,20+,21-,22+,24-,25+,26+,27+/m0/s1. The zero-order valence-electron chi connectivity index (χ0n) is 19.5. The average molecular weight is 399 g/mol. The van der Waals surface area contributed by atoms with Gasteiger partial charge in [-0.1, -0.05) is 34.6 Å². The van der Waals surface area contributed by atoms with Crippen molar-refractivity contribution in [3.8, 4) is 0 Å². The summed E-state index contributed by atoms with van der Waals surface area (Å²) in [5, 5.41) is 0. The molecule has 0 aromatic heterocycles. The van der Waals surface area contributed by atoms with E-state index in [0.717, 1.165) is 43.6 Å². The highest BCUT2D eigenvalue weighted by atomic mass is 16.5. The fourth-order valence-electron chi connectivity index (χ4n) is 10.8. The van der Waals surface area contributed by atoms with Crippen molar-refractivity contribution in [2.45, 2.75) is 105 Å². The van der Waals surface area contributed by atoms with Gasteiger partial charge in [-0.15, -0.1) is 0 Å². The number of carbonyl (C=O) groups is 1. The largest absolute Gasteiger partial charge is 0.377 e. The van der Waals surface area contributed by atoms with E-state index in [0.29, 0.717) is 39.5 Å². The lowest BCUT2D eigenvalue weighted by Crippen LogP contribution is -2.65. The van der Waals surface area contributed by atoms with Crippen molar-refractivity contribution < 1.29 is 9.53 Å². The van der Waals surface area contributed by atoms with E-state index in [1.165, 1.54) is 44.9 Å². The van der Waals surface area contributed by atoms with Crippen LogP contribution in [0.3, 0.4) is 0 Å². The van der Waals surface area contributed by atoms with Gasteiger partial charge in [-0.2, -0.15) is 0 Å². The Kier molecular flexibility index (Phi) is 3.67. The summed E-state index contributed by atoms with van der Waals surface area (Å²) in [5.41, 5.74) is 1.91. The van der Waals surface area contributed by atoms with Gasteiger partial charge in [0.25, 0.3) is 0 Å². The number of rotatable bonds is 0. The van der Waals surface area contributed by atoms with Crippen LogP contribution in [0, 0.1) is 50.7 Å². The zero-order chi connectivity index (χ0) is 20.4. The zero-order valence-corrected chi connectivity index (χ0v) is 19.5. The van der Waals surface area contributed by atoms with Crippen LogP contribution in [0.2, 0.25) is 0 Å². The van der Waals surface area contributed by atoms with Crippen molar-refractivity contribution in [1.29, 1.82) is 0 Å². The molecule has 0 aromatic carbocycles. The van der Waals surface area contributed by atoms with E-state index in [1.54, 1.807) is 0 Å². The van der Waals surface area contributed by atoms with E-state index in [-0.39, 0.29) is 5.41 Å². The Balaban J connectivity index is 1.42. The maximum absolute atomic E-state index is 12.7. The molecule has 1 saturated heterocycles. The van der Waals surface area contributed by atoms with Gasteiger partial charge >= 0.3 is 0 Å². The minimum Gasteiger partial charge on any atom is -0.377 e. The molecule has 29 heavy (non-hydrogen) atoms. The highest BCUT2D eigenvalue weighted by molar-refractivity contribution is 5.84. The third-order valence-corrected chi connectivity index (χ3v) is 12.7. The van der Waals surface area contributed by atoms with E-state index in [9.17, 15) is 4.79 Å². The summed E-state index contributed by atoms with van der Waals surface area (Å²) in [5.74, 6) is 3.29. The van der Waals surface area contributed by atoms with Crippen LogP contribution < -0.4 is 0 Å². The molecule has 2 heteroatoms. The van der Waals surface area contributed by atoms with E-state index in [4.69, 9.17) is 4.74 Å². The summed E-state index contributed by atoms with van der Waals surface area (Å²) in [4.78, 5) is 12.7. The normalized spacial score (nSPS) is 60.2. The molecule has 6 fully saturated rings. The van der Waals surface area contributed by atoms with Gasteiger partial charge in [0.05, 0.1) is 12.7 Å². The lowest BCUT2D eigenvalue weighted by Gasteiger charge is -2.70. The minimum atomic E-state index is 0.272. The molecule has 2 nitrogen and oxygen atoms in total. The molecule has 9 atom stereocenters. The topological polar surface area (TPSA) is 26.3 Å². The summed E-state index contributed by atoms with van der Waals surface area (Å²) in [7, 11) is 0. The fourth-order valence-corrected chi connectivity index (χ4v) is 10.8. The second-order valence-corrected chi connectivity index (χ2v) is 13.7. The predicted molar refractivity (Wildman–Crippen MR) is 115 cm³/mol. The summed E-state index contributed by atoms with van der Waals surface area (Å²) in [6.45, 7) is 13.9. The molecule has 0 radical (unpaired) electrons. The van der Waals surface area contributed by atoms with Gasteiger partial charge in [0.2, 0.25) is 0 Å². The third-order valence-electron chi connectivity index (χ3n) is 12.7. The molecule has 5 aliphatic carbocycles. The molecular weight excluding hydrogens is 356 g/mol. The number of ketones is 1. The molecule has 0 spiro atoms. The third kappa shape index (κ3) is 2.07. The van der Waals surface area contributed by atoms with Crippen LogP contribution in [0.25, 0.3) is 0 Å². The fraction of sp³-hybridized carbons (Fsp3) is 0.963. The van der Waals surface area contributed by atoms with Crippen LogP contribution in [0.1, 0.15) is 98.8 Å². The maximum atomic E-state index is 12.7. The van der Waals surface area contributed by atoms with E-state index >= 15 is 0 Å². The van der Waals surface area contributed by atoms with Crippen molar-refractivity contribution in [1.82, 2.24) is 0 Å². The van der Waals surface area contributed by atoms with E-state index in [1.807, 2.05) is 0 Å². The summed E-state index contributed by atoms with van der Waals surface area (Å²) in [6.07, 6.45) is 13.2. The van der Waals surface area contributed by atoms with E-state index in [2.05, 4.69) is 34.6 Å². The van der Waals surface area contributed by atoms with Crippen molar-refractivity contribution in [3.63, 3.8) is 0 Å². The van der Waals surface area contributed by atoms with Gasteiger partial charge in [0.1, 0.15) is 5.78 Å². The summed E-state index contributed by atoms with van der Waals surface area (Å²) >= 11 is 0. The van der Waals surface area contributed by atoms with E-state index < -0.39 is 0 Å². The van der Waals surface area contributed by atoms with Crippen molar-refractivity contribution >= 4 is 5.78 Å². The molecule has 0 N–H and O–H groups in total. The second-order valence-electron chi connectivity index (χ2n) is 13.7. The molecule has 1 aliphatic heterocycles. The molecular formula is C27H42O2. The van der Waals surface area contributed by atoms with Crippen LogP contribution in [-0.4, -0.2) is 18.5 Å². The first-order valence-electron chi connectivity index (χ1n) is 12.7. The van der Waals surface area contributed by atoms with Gasteiger partial charge in [-0.25, -0.2) is 0 Å². The smallest absolute Gasteiger partial charge is 0.136 e. The van der Waals surface area contributed by atoms with Crippen molar-refractivity contribution in [2.24, 2.45) is 50.7 Å². The monoisotopic (exact) mass is 398 g/mol. The second kappa shape index (κ2) is 5.51. The summed E-state index contributed by atoms with van der Waals surface area (Å²) < 4.78 is 6.65. The van der Waals surface area contributed by atoms with Crippen LogP contribution in [0.4, 0.5) is 0 Å². The molecule has 0 aromatic rings. The SMILES string of the molecule is CC1(C)CC[C@]23CC[C@]4(C)[C@H](CC[C@@H]5[C@@]6(C)CCC(=O)[C@@H]6CC[C@]54C)[C@H]2[C@H]1OC3. The Bertz CT molecular complexity index is 756. The highest BCUT2D eigenvalue weighted by Crippen LogP contribution is 2.77. The number of fused-ring (bicyclic) bond motifs is 5. The lowest BCUT2D eigenvalue weighted by molar-refractivity contribution is -0.221. The van der Waals surface area contributed by atoms with Gasteiger partial charge in [-0.3, -0.25) is 4.79 Å². The van der Waals surface area contributed by atoms with Crippen LogP contribution >= 0.6 is 0 Å². The molecule has 0 amide bonds. The van der Waals surface area contributed by atoms with Gasteiger partial charge in [0, 0.05) is 12.3 Å². The maximum Gasteiger partial charge on any atom is 0.136 e. The number of ether oxygens (including phenoxy) is 1. The molecule has 162 valence electrons. The number of Topliss-reactive ketones (excluding diaryl/α,β-unsaturated/α-hetero) is 1. The molecule has 1 heterocycles. The Labute approximate surface area is 177 Å². The Morgan fingerprint density at radius 3 is 2.38 bits per heavy atom. The number of hydrogen-bond donors (Lipinski definition) is 0. The Hall–Kier alpha value is -0.370. The number of carbonyl (C=O) groups excluding carboxylic acids is 1. The predicted octanol–water partition coefficient (Wildman–Crippen LogP) is 6.42.